The second kappa shape index (κ2) is 7.92. The van der Waals surface area contributed by atoms with Crippen LogP contribution in [0.4, 0.5) is 0 Å². The molecule has 1 aliphatic heterocycles. The smallest absolute Gasteiger partial charge is 0.247 e. The Kier molecular flexibility index (Phi) is 5.85. The summed E-state index contributed by atoms with van der Waals surface area (Å²) in [5.74, 6) is 0.161. The lowest BCUT2D eigenvalue weighted by atomic mass is 9.63. The number of carbonyl (C=O) groups excluding carboxylic acids is 2. The van der Waals surface area contributed by atoms with Crippen LogP contribution in [-0.4, -0.2) is 29.3 Å². The molecule has 0 aromatic heterocycles. The summed E-state index contributed by atoms with van der Waals surface area (Å²) in [5.41, 5.74) is 1.07. The number of carbonyl (C=O) groups is 2. The number of nitrogens with zero attached hydrogens (tertiary/aromatic N) is 1. The highest BCUT2D eigenvalue weighted by Crippen LogP contribution is 2.48. The SMILES string of the molecule is CC(C)C(=O)N1CCCC2(CCCCC2)C1C(=O)NC1=CCCCC1. The molecule has 1 atom stereocenters. The monoisotopic (exact) mass is 346 g/mol. The summed E-state index contributed by atoms with van der Waals surface area (Å²) in [6, 6.07) is -0.278. The van der Waals surface area contributed by atoms with Gasteiger partial charge in [0.25, 0.3) is 0 Å². The Balaban J connectivity index is 1.86. The van der Waals surface area contributed by atoms with Gasteiger partial charge in [0.2, 0.25) is 11.8 Å². The molecule has 3 aliphatic rings. The number of hydrogen-bond acceptors (Lipinski definition) is 2. The first-order valence-corrected chi connectivity index (χ1v) is 10.3. The van der Waals surface area contributed by atoms with E-state index in [0.717, 1.165) is 57.2 Å². The van der Waals surface area contributed by atoms with Gasteiger partial charge < -0.3 is 10.2 Å². The van der Waals surface area contributed by atoms with Crippen molar-refractivity contribution in [2.75, 3.05) is 6.54 Å². The van der Waals surface area contributed by atoms with Gasteiger partial charge in [-0.25, -0.2) is 0 Å². The first-order chi connectivity index (χ1) is 12.0. The molecule has 4 heteroatoms. The van der Waals surface area contributed by atoms with Gasteiger partial charge in [-0.3, -0.25) is 9.59 Å². The highest BCUT2D eigenvalue weighted by Gasteiger charge is 2.50. The average molecular weight is 347 g/mol. The minimum Gasteiger partial charge on any atom is -0.330 e. The molecule has 4 nitrogen and oxygen atoms in total. The molecule has 1 spiro atoms. The van der Waals surface area contributed by atoms with Crippen LogP contribution in [-0.2, 0) is 9.59 Å². The number of hydrogen-bond donors (Lipinski definition) is 1. The number of allylic oxidation sites excluding steroid dienone is 2. The molecule has 3 rings (SSSR count). The van der Waals surface area contributed by atoms with E-state index in [0.29, 0.717) is 0 Å². The maximum atomic E-state index is 13.3. The molecule has 2 fully saturated rings. The van der Waals surface area contributed by atoms with Gasteiger partial charge in [-0.1, -0.05) is 39.2 Å². The molecule has 0 aromatic rings. The van der Waals surface area contributed by atoms with Crippen molar-refractivity contribution in [2.45, 2.75) is 90.5 Å². The molecule has 1 unspecified atom stereocenters. The molecule has 0 bridgehead atoms. The summed E-state index contributed by atoms with van der Waals surface area (Å²) in [4.78, 5) is 28.1. The van der Waals surface area contributed by atoms with Crippen LogP contribution in [0.15, 0.2) is 11.8 Å². The Labute approximate surface area is 152 Å². The van der Waals surface area contributed by atoms with Crippen LogP contribution >= 0.6 is 0 Å². The fourth-order valence-electron chi connectivity index (χ4n) is 5.14. The van der Waals surface area contributed by atoms with Crippen LogP contribution in [0.25, 0.3) is 0 Å². The van der Waals surface area contributed by atoms with Crippen molar-refractivity contribution in [1.82, 2.24) is 10.2 Å². The van der Waals surface area contributed by atoms with E-state index in [-0.39, 0.29) is 29.2 Å². The van der Waals surface area contributed by atoms with Gasteiger partial charge in [0.15, 0.2) is 0 Å². The van der Waals surface area contributed by atoms with E-state index in [9.17, 15) is 9.59 Å². The molecular weight excluding hydrogens is 312 g/mol. The third-order valence-electron chi connectivity index (χ3n) is 6.41. The van der Waals surface area contributed by atoms with E-state index in [1.807, 2.05) is 18.7 Å². The third-order valence-corrected chi connectivity index (χ3v) is 6.41. The van der Waals surface area contributed by atoms with E-state index in [4.69, 9.17) is 0 Å². The van der Waals surface area contributed by atoms with E-state index in [1.54, 1.807) is 0 Å². The zero-order chi connectivity index (χ0) is 17.9. The fraction of sp³-hybridized carbons (Fsp3) is 0.810. The topological polar surface area (TPSA) is 49.4 Å². The number of piperidine rings is 1. The molecule has 1 saturated carbocycles. The number of rotatable bonds is 3. The van der Waals surface area contributed by atoms with Gasteiger partial charge in [-0.05, 0) is 56.8 Å². The molecule has 0 radical (unpaired) electrons. The molecule has 1 N–H and O–H groups in total. The maximum absolute atomic E-state index is 13.3. The minimum absolute atomic E-state index is 0.000357. The van der Waals surface area contributed by atoms with Gasteiger partial charge in [0.1, 0.15) is 6.04 Å². The van der Waals surface area contributed by atoms with E-state index in [1.165, 1.54) is 25.7 Å². The standard InChI is InChI=1S/C21H34N2O2/c1-16(2)20(25)23-15-9-14-21(12-7-4-8-13-21)18(23)19(24)22-17-10-5-3-6-11-17/h10,16,18H,3-9,11-15H2,1-2H3,(H,22,24). The Morgan fingerprint density at radius 1 is 1.08 bits per heavy atom. The third kappa shape index (κ3) is 3.93. The van der Waals surface area contributed by atoms with Crippen molar-refractivity contribution in [3.63, 3.8) is 0 Å². The fourth-order valence-corrected chi connectivity index (χ4v) is 5.14. The lowest BCUT2D eigenvalue weighted by molar-refractivity contribution is -0.153. The lowest BCUT2D eigenvalue weighted by Gasteiger charge is -2.51. The second-order valence-electron chi connectivity index (χ2n) is 8.58. The van der Waals surface area contributed by atoms with Gasteiger partial charge in [-0.2, -0.15) is 0 Å². The van der Waals surface area contributed by atoms with E-state index in [2.05, 4.69) is 11.4 Å². The second-order valence-corrected chi connectivity index (χ2v) is 8.58. The summed E-state index contributed by atoms with van der Waals surface area (Å²) in [6.45, 7) is 4.63. The molecule has 140 valence electrons. The highest BCUT2D eigenvalue weighted by atomic mass is 16.2. The van der Waals surface area contributed by atoms with Crippen molar-refractivity contribution in [3.8, 4) is 0 Å². The molecule has 0 aromatic carbocycles. The van der Waals surface area contributed by atoms with Crippen molar-refractivity contribution in [1.29, 1.82) is 0 Å². The van der Waals surface area contributed by atoms with Crippen molar-refractivity contribution in [2.24, 2.45) is 11.3 Å². The van der Waals surface area contributed by atoms with Crippen molar-refractivity contribution < 1.29 is 9.59 Å². The Bertz CT molecular complexity index is 527. The van der Waals surface area contributed by atoms with Crippen molar-refractivity contribution in [3.05, 3.63) is 11.8 Å². The number of nitrogens with one attached hydrogen (secondary N) is 1. The molecule has 2 aliphatic carbocycles. The average Bonchev–Trinajstić information content (AvgIpc) is 2.62. The van der Waals surface area contributed by atoms with Gasteiger partial charge in [0.05, 0.1) is 0 Å². The van der Waals surface area contributed by atoms with Crippen molar-refractivity contribution >= 4 is 11.8 Å². The largest absolute Gasteiger partial charge is 0.330 e. The Hall–Kier alpha value is -1.32. The van der Waals surface area contributed by atoms with Gasteiger partial charge >= 0.3 is 0 Å². The highest BCUT2D eigenvalue weighted by molar-refractivity contribution is 5.90. The lowest BCUT2D eigenvalue weighted by Crippen LogP contribution is -2.62. The predicted octanol–water partition coefficient (Wildman–Crippen LogP) is 4.16. The summed E-state index contributed by atoms with van der Waals surface area (Å²) in [5, 5.41) is 3.21. The van der Waals surface area contributed by atoms with Gasteiger partial charge in [-0.15, -0.1) is 0 Å². The minimum atomic E-state index is -0.278. The molecule has 1 saturated heterocycles. The van der Waals surface area contributed by atoms with Gasteiger partial charge in [0, 0.05) is 18.2 Å². The Morgan fingerprint density at radius 2 is 1.80 bits per heavy atom. The summed E-state index contributed by atoms with van der Waals surface area (Å²) >= 11 is 0. The van der Waals surface area contributed by atoms with E-state index < -0.39 is 0 Å². The normalized spacial score (nSPS) is 26.4. The summed E-state index contributed by atoms with van der Waals surface area (Å²) < 4.78 is 0. The van der Waals surface area contributed by atoms with Crippen LogP contribution < -0.4 is 5.32 Å². The van der Waals surface area contributed by atoms with Crippen LogP contribution in [0.1, 0.15) is 84.5 Å². The molecule has 2 amide bonds. The van der Waals surface area contributed by atoms with Crippen LogP contribution in [0.5, 0.6) is 0 Å². The number of amides is 2. The molecule has 1 heterocycles. The maximum Gasteiger partial charge on any atom is 0.247 e. The quantitative estimate of drug-likeness (QED) is 0.834. The summed E-state index contributed by atoms with van der Waals surface area (Å²) in [6.07, 6.45) is 14.5. The first-order valence-electron chi connectivity index (χ1n) is 10.3. The zero-order valence-electron chi connectivity index (χ0n) is 16.0. The van der Waals surface area contributed by atoms with Crippen LogP contribution in [0, 0.1) is 11.3 Å². The Morgan fingerprint density at radius 3 is 2.44 bits per heavy atom. The molecule has 25 heavy (non-hydrogen) atoms. The van der Waals surface area contributed by atoms with Crippen LogP contribution in [0.2, 0.25) is 0 Å². The number of likely N-dealkylation sites (tertiary alicyclic amines) is 1. The summed E-state index contributed by atoms with van der Waals surface area (Å²) in [7, 11) is 0. The predicted molar refractivity (Wildman–Crippen MR) is 99.8 cm³/mol. The van der Waals surface area contributed by atoms with Crippen LogP contribution in [0.3, 0.4) is 0 Å². The zero-order valence-corrected chi connectivity index (χ0v) is 16.0. The first kappa shape index (κ1) is 18.5. The molecular formula is C21H34N2O2. The van der Waals surface area contributed by atoms with E-state index >= 15 is 0 Å².